The number of nitrogens with zero attached hydrogens (tertiary/aromatic N) is 1. The zero-order valence-corrected chi connectivity index (χ0v) is 13.7. The van der Waals surface area contributed by atoms with Gasteiger partial charge in [-0.2, -0.15) is 8.42 Å². The predicted octanol–water partition coefficient (Wildman–Crippen LogP) is -0.709. The fraction of sp³-hybridized carbons (Fsp3) is 0.154. The summed E-state index contributed by atoms with van der Waals surface area (Å²) in [6.07, 6.45) is 0.899. The van der Waals surface area contributed by atoms with Crippen molar-refractivity contribution < 1.29 is 27.5 Å². The van der Waals surface area contributed by atoms with Crippen molar-refractivity contribution >= 4 is 33.6 Å². The van der Waals surface area contributed by atoms with Gasteiger partial charge in [0.25, 0.3) is 10.0 Å². The monoisotopic (exact) mass is 356 g/mol. The van der Waals surface area contributed by atoms with Crippen LogP contribution in [0.15, 0.2) is 45.3 Å². The Labute approximate surface area is 138 Å². The van der Waals surface area contributed by atoms with Crippen LogP contribution in [0, 0.1) is 0 Å². The van der Waals surface area contributed by atoms with Gasteiger partial charge in [-0.15, -0.1) is 4.40 Å². The van der Waals surface area contributed by atoms with Crippen LogP contribution in [-0.4, -0.2) is 40.5 Å². The van der Waals surface area contributed by atoms with Gasteiger partial charge in [0.05, 0.1) is 25.2 Å². The Balaban J connectivity index is 3.08. The molecule has 0 saturated carbocycles. The van der Waals surface area contributed by atoms with Crippen molar-refractivity contribution in [2.75, 3.05) is 19.5 Å². The van der Waals surface area contributed by atoms with E-state index in [0.29, 0.717) is 5.69 Å². The first-order valence-electron chi connectivity index (χ1n) is 6.30. The van der Waals surface area contributed by atoms with Crippen LogP contribution >= 0.6 is 0 Å². The number of carbonyl (C=O) groups is 2. The molecule has 24 heavy (non-hydrogen) atoms. The topological polar surface area (TPSA) is 163 Å². The second-order valence-electron chi connectivity index (χ2n) is 4.21. The van der Waals surface area contributed by atoms with Gasteiger partial charge in [0.2, 0.25) is 5.96 Å². The average Bonchev–Trinajstić information content (AvgIpc) is 2.52. The number of hydrogen-bond acceptors (Lipinski definition) is 7. The Bertz CT molecular complexity index is 779. The SMILES string of the molecule is COC(=O)/C=C(/Nc1ccc(S(=O)(=O)N=C(N)N)cc1)C(=O)OC. The van der Waals surface area contributed by atoms with E-state index >= 15 is 0 Å². The Kier molecular flexibility index (Phi) is 6.30. The molecule has 1 rings (SSSR count). The lowest BCUT2D eigenvalue weighted by Gasteiger charge is -2.09. The van der Waals surface area contributed by atoms with Gasteiger partial charge in [-0.05, 0) is 24.3 Å². The standard InChI is InChI=1S/C13H16N4O6S/c1-22-11(18)7-10(12(19)23-2)16-8-3-5-9(6-4-8)24(20,21)17-13(14)15/h3-7,16H,1-2H3,(H4,14,15,17)/b10-7+. The number of benzene rings is 1. The summed E-state index contributed by atoms with van der Waals surface area (Å²) >= 11 is 0. The minimum Gasteiger partial charge on any atom is -0.466 e. The van der Waals surface area contributed by atoms with Crippen molar-refractivity contribution in [3.8, 4) is 0 Å². The van der Waals surface area contributed by atoms with Crippen LogP contribution < -0.4 is 16.8 Å². The van der Waals surface area contributed by atoms with Crippen molar-refractivity contribution in [2.45, 2.75) is 4.90 Å². The number of sulfonamides is 1. The minimum atomic E-state index is -4.02. The van der Waals surface area contributed by atoms with Crippen LogP contribution in [0.1, 0.15) is 0 Å². The molecule has 0 amide bonds. The van der Waals surface area contributed by atoms with E-state index in [-0.39, 0.29) is 10.6 Å². The summed E-state index contributed by atoms with van der Waals surface area (Å²) in [5.41, 5.74) is 10.2. The third-order valence-electron chi connectivity index (χ3n) is 2.53. The molecule has 1 aromatic rings. The van der Waals surface area contributed by atoms with Crippen LogP contribution in [0.25, 0.3) is 0 Å². The first-order valence-corrected chi connectivity index (χ1v) is 7.74. The summed E-state index contributed by atoms with van der Waals surface area (Å²) in [5.74, 6) is -2.17. The highest BCUT2D eigenvalue weighted by Gasteiger charge is 2.15. The van der Waals surface area contributed by atoms with Gasteiger partial charge in [0, 0.05) is 5.69 Å². The van der Waals surface area contributed by atoms with Gasteiger partial charge in [-0.25, -0.2) is 9.59 Å². The minimum absolute atomic E-state index is 0.155. The third-order valence-corrected chi connectivity index (χ3v) is 3.84. The third kappa shape index (κ3) is 5.28. The number of methoxy groups -OCH3 is 2. The summed E-state index contributed by atoms with van der Waals surface area (Å²) < 4.78 is 35.7. The fourth-order valence-corrected chi connectivity index (χ4v) is 2.35. The van der Waals surface area contributed by atoms with E-state index in [1.807, 2.05) is 0 Å². The first-order chi connectivity index (χ1) is 11.2. The zero-order chi connectivity index (χ0) is 18.3. The van der Waals surface area contributed by atoms with E-state index in [1.54, 1.807) is 0 Å². The lowest BCUT2D eigenvalue weighted by atomic mass is 10.3. The Morgan fingerprint density at radius 2 is 1.71 bits per heavy atom. The maximum Gasteiger partial charge on any atom is 0.354 e. The molecule has 10 nitrogen and oxygen atoms in total. The Morgan fingerprint density at radius 3 is 2.17 bits per heavy atom. The number of carbonyl (C=O) groups excluding carboxylic acids is 2. The number of nitrogens with two attached hydrogens (primary N) is 2. The smallest absolute Gasteiger partial charge is 0.354 e. The van der Waals surface area contributed by atoms with Gasteiger partial charge in [-0.1, -0.05) is 0 Å². The second-order valence-corrected chi connectivity index (χ2v) is 5.82. The van der Waals surface area contributed by atoms with Gasteiger partial charge >= 0.3 is 11.9 Å². The summed E-state index contributed by atoms with van der Waals surface area (Å²) in [6.45, 7) is 0. The molecule has 0 unspecified atom stereocenters. The molecule has 0 heterocycles. The number of esters is 2. The van der Waals surface area contributed by atoms with Gasteiger partial charge in [-0.3, -0.25) is 0 Å². The van der Waals surface area contributed by atoms with Crippen LogP contribution in [0.5, 0.6) is 0 Å². The lowest BCUT2D eigenvalue weighted by molar-refractivity contribution is -0.138. The maximum atomic E-state index is 11.8. The van der Waals surface area contributed by atoms with E-state index in [0.717, 1.165) is 20.3 Å². The number of hydrogen-bond donors (Lipinski definition) is 3. The van der Waals surface area contributed by atoms with Crippen molar-refractivity contribution in [1.29, 1.82) is 0 Å². The molecule has 5 N–H and O–H groups in total. The summed E-state index contributed by atoms with van der Waals surface area (Å²) in [7, 11) is -1.73. The summed E-state index contributed by atoms with van der Waals surface area (Å²) in [5, 5.41) is 2.62. The predicted molar refractivity (Wildman–Crippen MR) is 85.2 cm³/mol. The number of anilines is 1. The highest BCUT2D eigenvalue weighted by molar-refractivity contribution is 7.90. The summed E-state index contributed by atoms with van der Waals surface area (Å²) in [4.78, 5) is 22.7. The van der Waals surface area contributed by atoms with Gasteiger partial charge < -0.3 is 26.3 Å². The largest absolute Gasteiger partial charge is 0.466 e. The molecule has 11 heteroatoms. The molecule has 0 spiro atoms. The highest BCUT2D eigenvalue weighted by Crippen LogP contribution is 2.17. The Morgan fingerprint density at radius 1 is 1.12 bits per heavy atom. The van der Waals surface area contributed by atoms with E-state index in [4.69, 9.17) is 11.5 Å². The molecule has 0 aliphatic rings. The molecule has 0 saturated heterocycles. The molecule has 130 valence electrons. The molecular formula is C13H16N4O6S. The number of ether oxygens (including phenoxy) is 2. The molecule has 0 radical (unpaired) electrons. The molecule has 0 aliphatic heterocycles. The van der Waals surface area contributed by atoms with Gasteiger partial charge in [0.15, 0.2) is 0 Å². The van der Waals surface area contributed by atoms with Crippen LogP contribution in [0.3, 0.4) is 0 Å². The van der Waals surface area contributed by atoms with Crippen molar-refractivity contribution in [2.24, 2.45) is 15.9 Å². The Hall–Kier alpha value is -3.08. The molecule has 0 aliphatic carbocycles. The maximum absolute atomic E-state index is 11.8. The van der Waals surface area contributed by atoms with E-state index in [2.05, 4.69) is 19.2 Å². The van der Waals surface area contributed by atoms with Crippen molar-refractivity contribution in [3.63, 3.8) is 0 Å². The molecular weight excluding hydrogens is 340 g/mol. The molecule has 0 atom stereocenters. The number of rotatable bonds is 6. The zero-order valence-electron chi connectivity index (χ0n) is 12.8. The first kappa shape index (κ1) is 19.0. The molecule has 0 fully saturated rings. The quantitative estimate of drug-likeness (QED) is 0.258. The normalized spacial score (nSPS) is 11.3. The fourth-order valence-electron chi connectivity index (χ4n) is 1.49. The van der Waals surface area contributed by atoms with Crippen LogP contribution in [0.2, 0.25) is 0 Å². The second kappa shape index (κ2) is 7.97. The molecule has 0 bridgehead atoms. The van der Waals surface area contributed by atoms with Gasteiger partial charge in [0.1, 0.15) is 5.70 Å². The molecule has 1 aromatic carbocycles. The number of guanidine groups is 1. The number of nitrogens with one attached hydrogen (secondary N) is 1. The van der Waals surface area contributed by atoms with E-state index in [1.165, 1.54) is 24.3 Å². The highest BCUT2D eigenvalue weighted by atomic mass is 32.2. The van der Waals surface area contributed by atoms with Crippen molar-refractivity contribution in [3.05, 3.63) is 36.0 Å². The lowest BCUT2D eigenvalue weighted by Crippen LogP contribution is -2.24. The van der Waals surface area contributed by atoms with Crippen molar-refractivity contribution in [1.82, 2.24) is 0 Å². The van der Waals surface area contributed by atoms with E-state index < -0.39 is 27.9 Å². The van der Waals surface area contributed by atoms with Crippen LogP contribution in [-0.2, 0) is 29.1 Å². The van der Waals surface area contributed by atoms with Crippen LogP contribution in [0.4, 0.5) is 5.69 Å². The van der Waals surface area contributed by atoms with E-state index in [9.17, 15) is 18.0 Å². The molecule has 0 aromatic heterocycles. The summed E-state index contributed by atoms with van der Waals surface area (Å²) in [6, 6.07) is 5.14. The average molecular weight is 356 g/mol.